The number of hydrogen-bond donors (Lipinski definition) is 0. The second kappa shape index (κ2) is 7.50. The highest BCUT2D eigenvalue weighted by Crippen LogP contribution is 2.39. The smallest absolute Gasteiger partial charge is 0.417 e. The summed E-state index contributed by atoms with van der Waals surface area (Å²) in [6, 6.07) is 11.7. The van der Waals surface area contributed by atoms with Crippen molar-refractivity contribution in [2.24, 2.45) is 0 Å². The van der Waals surface area contributed by atoms with Crippen LogP contribution >= 0.6 is 0 Å². The number of amides is 1. The largest absolute Gasteiger partial charge is 0.493 e. The number of carbonyl (C=O) groups is 1. The summed E-state index contributed by atoms with van der Waals surface area (Å²) in [5.41, 5.74) is 3.63. The van der Waals surface area contributed by atoms with Crippen LogP contribution in [0.5, 0.6) is 23.1 Å². The number of aromatic nitrogens is 1. The fourth-order valence-electron chi connectivity index (χ4n) is 3.49. The maximum atomic E-state index is 12.6. The minimum atomic E-state index is -0.439. The zero-order chi connectivity index (χ0) is 20.5. The number of methoxy groups -OCH3 is 3. The Balaban J connectivity index is 1.64. The first-order valence-electron chi connectivity index (χ1n) is 9.18. The number of benzene rings is 2. The highest BCUT2D eigenvalue weighted by atomic mass is 16.6. The minimum absolute atomic E-state index is 0.334. The molecule has 7 heteroatoms. The van der Waals surface area contributed by atoms with Crippen molar-refractivity contribution in [3.8, 4) is 23.1 Å². The topological polar surface area (TPSA) is 70.1 Å². The van der Waals surface area contributed by atoms with Gasteiger partial charge in [0, 0.05) is 17.5 Å². The Morgan fingerprint density at radius 1 is 1.03 bits per heavy atom. The maximum absolute atomic E-state index is 12.6. The molecule has 2 heterocycles. The van der Waals surface area contributed by atoms with E-state index in [0.717, 1.165) is 27.6 Å². The third kappa shape index (κ3) is 3.51. The second-order valence-corrected chi connectivity index (χ2v) is 6.91. The van der Waals surface area contributed by atoms with Crippen LogP contribution in [0.3, 0.4) is 0 Å². The first kappa shape index (κ1) is 18.9. The van der Waals surface area contributed by atoms with E-state index in [0.29, 0.717) is 36.2 Å². The number of ether oxygens (including phenoxy) is 4. The molecule has 1 aliphatic rings. The van der Waals surface area contributed by atoms with Gasteiger partial charge in [0.15, 0.2) is 11.5 Å². The SMILES string of the molecule is COc1cc(CN2Cc3cc4ccc(C)cc4nc3OC2=O)cc(OC)c1OC. The number of rotatable bonds is 5. The van der Waals surface area contributed by atoms with E-state index in [1.807, 2.05) is 43.3 Å². The van der Waals surface area contributed by atoms with Crippen LogP contribution in [0.15, 0.2) is 36.4 Å². The summed E-state index contributed by atoms with van der Waals surface area (Å²) in [6.45, 7) is 2.74. The Kier molecular flexibility index (Phi) is 4.88. The molecule has 0 aliphatic carbocycles. The van der Waals surface area contributed by atoms with E-state index in [1.54, 1.807) is 26.2 Å². The average Bonchev–Trinajstić information content (AvgIpc) is 2.72. The quantitative estimate of drug-likeness (QED) is 0.649. The molecule has 0 bridgehead atoms. The van der Waals surface area contributed by atoms with E-state index in [2.05, 4.69) is 4.98 Å². The van der Waals surface area contributed by atoms with Crippen LogP contribution in [0.25, 0.3) is 10.9 Å². The monoisotopic (exact) mass is 394 g/mol. The van der Waals surface area contributed by atoms with Gasteiger partial charge in [0.1, 0.15) is 0 Å². The van der Waals surface area contributed by atoms with Gasteiger partial charge >= 0.3 is 6.09 Å². The lowest BCUT2D eigenvalue weighted by Crippen LogP contribution is -2.36. The van der Waals surface area contributed by atoms with Crippen LogP contribution in [0.4, 0.5) is 4.79 Å². The molecule has 4 rings (SSSR count). The number of fused-ring (bicyclic) bond motifs is 2. The molecule has 0 N–H and O–H groups in total. The van der Waals surface area contributed by atoms with Crippen LogP contribution in [-0.4, -0.2) is 37.3 Å². The lowest BCUT2D eigenvalue weighted by atomic mass is 10.1. The number of aryl methyl sites for hydroxylation is 1. The summed E-state index contributed by atoms with van der Waals surface area (Å²) >= 11 is 0. The lowest BCUT2D eigenvalue weighted by molar-refractivity contribution is 0.133. The third-order valence-electron chi connectivity index (χ3n) is 4.91. The highest BCUT2D eigenvalue weighted by Gasteiger charge is 2.27. The van der Waals surface area contributed by atoms with Crippen LogP contribution in [0.2, 0.25) is 0 Å². The number of pyridine rings is 1. The van der Waals surface area contributed by atoms with Gasteiger partial charge in [-0.05, 0) is 42.3 Å². The first-order chi connectivity index (χ1) is 14.0. The number of nitrogens with zero attached hydrogens (tertiary/aromatic N) is 2. The average molecular weight is 394 g/mol. The van der Waals surface area contributed by atoms with E-state index in [9.17, 15) is 4.79 Å². The third-order valence-corrected chi connectivity index (χ3v) is 4.91. The predicted molar refractivity (Wildman–Crippen MR) is 108 cm³/mol. The fraction of sp³-hybridized carbons (Fsp3) is 0.273. The van der Waals surface area contributed by atoms with Crippen molar-refractivity contribution >= 4 is 17.0 Å². The molecule has 1 aromatic heterocycles. The Labute approximate surface area is 168 Å². The standard InChI is InChI=1S/C22H22N2O5/c1-13-5-6-15-10-16-12-24(22(25)29-21(16)23-17(15)7-13)11-14-8-18(26-2)20(28-4)19(9-14)27-3/h5-10H,11-12H2,1-4H3. The molecule has 1 aliphatic heterocycles. The molecular weight excluding hydrogens is 372 g/mol. The van der Waals surface area contributed by atoms with E-state index < -0.39 is 6.09 Å². The predicted octanol–water partition coefficient (Wildman–Crippen LogP) is 4.08. The second-order valence-electron chi connectivity index (χ2n) is 6.91. The Bertz CT molecular complexity index is 1070. The van der Waals surface area contributed by atoms with Gasteiger partial charge in [-0.3, -0.25) is 4.90 Å². The molecule has 29 heavy (non-hydrogen) atoms. The van der Waals surface area contributed by atoms with Gasteiger partial charge in [-0.2, -0.15) is 0 Å². The van der Waals surface area contributed by atoms with Crippen molar-refractivity contribution in [1.82, 2.24) is 9.88 Å². The zero-order valence-electron chi connectivity index (χ0n) is 16.8. The Hall–Kier alpha value is -3.48. The van der Waals surface area contributed by atoms with Crippen LogP contribution in [0.1, 0.15) is 16.7 Å². The van der Waals surface area contributed by atoms with Crippen molar-refractivity contribution in [1.29, 1.82) is 0 Å². The molecule has 0 radical (unpaired) electrons. The molecule has 0 unspecified atom stereocenters. The maximum Gasteiger partial charge on any atom is 0.417 e. The van der Waals surface area contributed by atoms with Gasteiger partial charge in [0.2, 0.25) is 11.6 Å². The number of hydrogen-bond acceptors (Lipinski definition) is 6. The lowest BCUT2D eigenvalue weighted by Gasteiger charge is -2.28. The summed E-state index contributed by atoms with van der Waals surface area (Å²) in [7, 11) is 4.67. The molecule has 0 atom stereocenters. The molecule has 150 valence electrons. The van der Waals surface area contributed by atoms with Crippen LogP contribution < -0.4 is 18.9 Å². The van der Waals surface area contributed by atoms with Gasteiger partial charge in [0.05, 0.1) is 33.4 Å². The zero-order valence-corrected chi connectivity index (χ0v) is 16.8. The van der Waals surface area contributed by atoms with Crippen LogP contribution in [0, 0.1) is 6.92 Å². The van der Waals surface area contributed by atoms with Gasteiger partial charge in [-0.25, -0.2) is 9.78 Å². The summed E-state index contributed by atoms with van der Waals surface area (Å²) < 4.78 is 21.7. The van der Waals surface area contributed by atoms with Crippen molar-refractivity contribution in [2.45, 2.75) is 20.0 Å². The molecule has 0 saturated carbocycles. The van der Waals surface area contributed by atoms with Gasteiger partial charge < -0.3 is 18.9 Å². The molecule has 0 spiro atoms. The molecule has 3 aromatic rings. The Morgan fingerprint density at radius 2 is 1.76 bits per heavy atom. The summed E-state index contributed by atoms with van der Waals surface area (Å²) in [5, 5.41) is 1.01. The fourth-order valence-corrected chi connectivity index (χ4v) is 3.49. The van der Waals surface area contributed by atoms with Crippen molar-refractivity contribution in [3.63, 3.8) is 0 Å². The highest BCUT2D eigenvalue weighted by molar-refractivity contribution is 5.82. The summed E-state index contributed by atoms with van der Waals surface area (Å²) in [5.74, 6) is 1.96. The van der Waals surface area contributed by atoms with Gasteiger partial charge in [-0.1, -0.05) is 12.1 Å². The van der Waals surface area contributed by atoms with Crippen molar-refractivity contribution in [3.05, 3.63) is 53.1 Å². The summed E-state index contributed by atoms with van der Waals surface area (Å²) in [4.78, 5) is 18.7. The summed E-state index contributed by atoms with van der Waals surface area (Å²) in [6.07, 6.45) is -0.439. The van der Waals surface area contributed by atoms with E-state index in [-0.39, 0.29) is 0 Å². The first-order valence-corrected chi connectivity index (χ1v) is 9.18. The Morgan fingerprint density at radius 3 is 2.41 bits per heavy atom. The minimum Gasteiger partial charge on any atom is -0.493 e. The van der Waals surface area contributed by atoms with Gasteiger partial charge in [0.25, 0.3) is 0 Å². The molecule has 1 amide bonds. The number of carbonyl (C=O) groups excluding carboxylic acids is 1. The molecule has 0 fully saturated rings. The van der Waals surface area contributed by atoms with E-state index in [1.165, 1.54) is 0 Å². The van der Waals surface area contributed by atoms with Gasteiger partial charge in [-0.15, -0.1) is 0 Å². The van der Waals surface area contributed by atoms with E-state index >= 15 is 0 Å². The molecule has 7 nitrogen and oxygen atoms in total. The molecule has 0 saturated heterocycles. The normalized spacial score (nSPS) is 13.1. The van der Waals surface area contributed by atoms with E-state index in [4.69, 9.17) is 18.9 Å². The molecule has 2 aromatic carbocycles. The van der Waals surface area contributed by atoms with Crippen molar-refractivity contribution in [2.75, 3.05) is 21.3 Å². The molecular formula is C22H22N2O5. The van der Waals surface area contributed by atoms with Crippen molar-refractivity contribution < 1.29 is 23.7 Å². The van der Waals surface area contributed by atoms with Crippen LogP contribution in [-0.2, 0) is 13.1 Å².